The van der Waals surface area contributed by atoms with Gasteiger partial charge in [0.2, 0.25) is 11.7 Å². The van der Waals surface area contributed by atoms with Crippen LogP contribution in [-0.2, 0) is 11.2 Å². The molecule has 0 N–H and O–H groups in total. The molecule has 2 aromatic rings. The van der Waals surface area contributed by atoms with Gasteiger partial charge in [-0.25, -0.2) is 9.97 Å². The molecular weight excluding hydrogens is 244 g/mol. The van der Waals surface area contributed by atoms with Crippen molar-refractivity contribution in [1.82, 2.24) is 20.1 Å². The highest BCUT2D eigenvalue weighted by Gasteiger charge is 2.14. The minimum Gasteiger partial charge on any atom is -0.338 e. The van der Waals surface area contributed by atoms with Crippen molar-refractivity contribution in [3.63, 3.8) is 0 Å². The lowest BCUT2D eigenvalue weighted by Gasteiger charge is -2.00. The van der Waals surface area contributed by atoms with Crippen LogP contribution in [0.2, 0.25) is 0 Å². The van der Waals surface area contributed by atoms with Crippen LogP contribution in [0.1, 0.15) is 32.0 Å². The van der Waals surface area contributed by atoms with Crippen molar-refractivity contribution in [2.45, 2.75) is 33.6 Å². The van der Waals surface area contributed by atoms with Crippen LogP contribution in [0.15, 0.2) is 16.8 Å². The topological polar surface area (TPSA) is 81.8 Å². The molecule has 19 heavy (non-hydrogen) atoms. The maximum atomic E-state index is 11.7. The molecule has 0 fully saturated rings. The van der Waals surface area contributed by atoms with Crippen molar-refractivity contribution in [2.75, 3.05) is 0 Å². The van der Waals surface area contributed by atoms with Crippen LogP contribution in [0.4, 0.5) is 0 Å². The van der Waals surface area contributed by atoms with E-state index >= 15 is 0 Å². The number of ketones is 1. The van der Waals surface area contributed by atoms with Gasteiger partial charge in [-0.3, -0.25) is 4.79 Å². The summed E-state index contributed by atoms with van der Waals surface area (Å²) in [5.41, 5.74) is 0.596. The molecule has 0 radical (unpaired) electrons. The van der Waals surface area contributed by atoms with E-state index < -0.39 is 0 Å². The highest BCUT2D eigenvalue weighted by Crippen LogP contribution is 2.13. The van der Waals surface area contributed by atoms with Gasteiger partial charge in [-0.2, -0.15) is 4.98 Å². The zero-order valence-electron chi connectivity index (χ0n) is 11.3. The number of carbonyl (C=O) groups excluding carboxylic acids is 1. The number of rotatable bonds is 5. The summed E-state index contributed by atoms with van der Waals surface area (Å²) in [6.07, 6.45) is 2.33. The van der Waals surface area contributed by atoms with E-state index in [1.165, 1.54) is 0 Å². The van der Waals surface area contributed by atoms with Crippen molar-refractivity contribution in [1.29, 1.82) is 0 Å². The van der Waals surface area contributed by atoms with Gasteiger partial charge in [-0.05, 0) is 18.9 Å². The second-order valence-electron chi connectivity index (χ2n) is 4.81. The zero-order valence-corrected chi connectivity index (χ0v) is 11.3. The minimum atomic E-state index is 0.101. The first-order valence-corrected chi connectivity index (χ1v) is 6.19. The summed E-state index contributed by atoms with van der Waals surface area (Å²) in [6, 6.07) is 1.71. The first-order valence-electron chi connectivity index (χ1n) is 6.19. The number of hydrogen-bond acceptors (Lipinski definition) is 6. The average Bonchev–Trinajstić information content (AvgIpc) is 2.76. The van der Waals surface area contributed by atoms with Crippen LogP contribution in [0.25, 0.3) is 11.5 Å². The Kier molecular flexibility index (Phi) is 3.99. The summed E-state index contributed by atoms with van der Waals surface area (Å²) in [5.74, 6) is 1.79. The molecule has 0 aromatic carbocycles. The molecule has 0 saturated heterocycles. The summed E-state index contributed by atoms with van der Waals surface area (Å²) >= 11 is 0. The molecule has 100 valence electrons. The maximum Gasteiger partial charge on any atom is 0.234 e. The van der Waals surface area contributed by atoms with Crippen molar-refractivity contribution in [3.8, 4) is 11.5 Å². The van der Waals surface area contributed by atoms with Gasteiger partial charge in [-0.15, -0.1) is 0 Å². The molecule has 2 rings (SSSR count). The minimum absolute atomic E-state index is 0.101. The van der Waals surface area contributed by atoms with E-state index in [0.29, 0.717) is 35.6 Å². The normalized spacial score (nSPS) is 10.9. The third-order valence-electron chi connectivity index (χ3n) is 2.46. The Bertz CT molecular complexity index is 578. The third-order valence-corrected chi connectivity index (χ3v) is 2.46. The lowest BCUT2D eigenvalue weighted by atomic mass is 10.1. The molecule has 0 atom stereocenters. The molecule has 0 unspecified atom stereocenters. The van der Waals surface area contributed by atoms with Gasteiger partial charge < -0.3 is 4.52 Å². The maximum absolute atomic E-state index is 11.7. The molecule has 0 amide bonds. The van der Waals surface area contributed by atoms with E-state index in [2.05, 4.69) is 20.1 Å². The van der Waals surface area contributed by atoms with E-state index in [1.54, 1.807) is 19.2 Å². The summed E-state index contributed by atoms with van der Waals surface area (Å²) in [4.78, 5) is 24.1. The Morgan fingerprint density at radius 1 is 1.37 bits per heavy atom. The second-order valence-corrected chi connectivity index (χ2v) is 4.81. The van der Waals surface area contributed by atoms with Crippen molar-refractivity contribution in [2.24, 2.45) is 5.92 Å². The Morgan fingerprint density at radius 3 is 2.84 bits per heavy atom. The Balaban J connectivity index is 2.09. The lowest BCUT2D eigenvalue weighted by Crippen LogP contribution is -2.06. The number of carbonyl (C=O) groups is 1. The van der Waals surface area contributed by atoms with E-state index in [9.17, 15) is 4.79 Å². The first kappa shape index (κ1) is 13.3. The molecule has 2 aromatic heterocycles. The molecule has 0 bridgehead atoms. The highest BCUT2D eigenvalue weighted by molar-refractivity contribution is 5.80. The van der Waals surface area contributed by atoms with E-state index in [-0.39, 0.29) is 12.2 Å². The smallest absolute Gasteiger partial charge is 0.234 e. The number of hydrogen-bond donors (Lipinski definition) is 0. The molecule has 0 aliphatic rings. The van der Waals surface area contributed by atoms with E-state index in [0.717, 1.165) is 0 Å². The fraction of sp³-hybridized carbons (Fsp3) is 0.462. The summed E-state index contributed by atoms with van der Waals surface area (Å²) in [7, 11) is 0. The van der Waals surface area contributed by atoms with Crippen molar-refractivity contribution in [3.05, 3.63) is 24.0 Å². The lowest BCUT2D eigenvalue weighted by molar-refractivity contribution is -0.119. The van der Waals surface area contributed by atoms with Gasteiger partial charge in [0.1, 0.15) is 17.3 Å². The van der Waals surface area contributed by atoms with Gasteiger partial charge >= 0.3 is 0 Å². The number of aromatic nitrogens is 4. The van der Waals surface area contributed by atoms with Crippen molar-refractivity contribution < 1.29 is 9.32 Å². The first-order chi connectivity index (χ1) is 9.04. The molecule has 0 saturated carbocycles. The number of Topliss-reactive ketones (excluding diaryl/α,β-unsaturated/α-hetero) is 1. The van der Waals surface area contributed by atoms with Gasteiger partial charge in [0.05, 0.1) is 6.42 Å². The number of nitrogens with zero attached hydrogens (tertiary/aromatic N) is 4. The number of aryl methyl sites for hydroxylation is 1. The Morgan fingerprint density at radius 2 is 2.16 bits per heavy atom. The largest absolute Gasteiger partial charge is 0.338 e. The zero-order chi connectivity index (χ0) is 13.8. The van der Waals surface area contributed by atoms with Gasteiger partial charge in [0, 0.05) is 12.6 Å². The van der Waals surface area contributed by atoms with Crippen LogP contribution in [0.3, 0.4) is 0 Å². The van der Waals surface area contributed by atoms with Crippen LogP contribution in [0, 0.1) is 12.8 Å². The predicted molar refractivity (Wildman–Crippen MR) is 68.2 cm³/mol. The van der Waals surface area contributed by atoms with Crippen LogP contribution < -0.4 is 0 Å². The van der Waals surface area contributed by atoms with E-state index in [1.807, 2.05) is 13.8 Å². The van der Waals surface area contributed by atoms with Crippen molar-refractivity contribution >= 4 is 5.78 Å². The van der Waals surface area contributed by atoms with Crippen LogP contribution >= 0.6 is 0 Å². The quantitative estimate of drug-likeness (QED) is 0.817. The standard InChI is InChI=1S/C13H16N4O2/c1-8(2)6-10(18)7-12-16-13(17-19-12)11-4-5-14-9(3)15-11/h4-5,8H,6-7H2,1-3H3. The Labute approximate surface area is 111 Å². The highest BCUT2D eigenvalue weighted by atomic mass is 16.5. The SMILES string of the molecule is Cc1nccc(-c2noc(CC(=O)CC(C)C)n2)n1. The molecular formula is C13H16N4O2. The fourth-order valence-corrected chi connectivity index (χ4v) is 1.71. The van der Waals surface area contributed by atoms with Gasteiger partial charge in [0.15, 0.2) is 0 Å². The molecule has 0 aliphatic carbocycles. The monoisotopic (exact) mass is 260 g/mol. The molecule has 6 nitrogen and oxygen atoms in total. The van der Waals surface area contributed by atoms with Crippen LogP contribution in [0.5, 0.6) is 0 Å². The summed E-state index contributed by atoms with van der Waals surface area (Å²) in [5, 5.41) is 3.83. The summed E-state index contributed by atoms with van der Waals surface area (Å²) in [6.45, 7) is 5.79. The molecule has 0 aliphatic heterocycles. The Hall–Kier alpha value is -2.11. The molecule has 2 heterocycles. The third kappa shape index (κ3) is 3.67. The summed E-state index contributed by atoms with van der Waals surface area (Å²) < 4.78 is 5.07. The molecule has 0 spiro atoms. The van der Waals surface area contributed by atoms with E-state index in [4.69, 9.17) is 4.52 Å². The molecule has 6 heteroatoms. The van der Waals surface area contributed by atoms with Gasteiger partial charge in [0.25, 0.3) is 0 Å². The van der Waals surface area contributed by atoms with Gasteiger partial charge in [-0.1, -0.05) is 19.0 Å². The second kappa shape index (κ2) is 5.69. The van der Waals surface area contributed by atoms with Crippen LogP contribution in [-0.4, -0.2) is 25.9 Å². The average molecular weight is 260 g/mol. The predicted octanol–water partition coefficient (Wildman–Crippen LogP) is 1.99. The fourth-order valence-electron chi connectivity index (χ4n) is 1.71.